The number of anilines is 1. The topological polar surface area (TPSA) is 29.3 Å². The molecule has 0 saturated carbocycles. The van der Waals surface area contributed by atoms with E-state index in [0.29, 0.717) is 6.04 Å². The summed E-state index contributed by atoms with van der Waals surface area (Å²) in [5, 5.41) is 0. The molecule has 0 heterocycles. The van der Waals surface area contributed by atoms with Crippen LogP contribution in [0.1, 0.15) is 13.8 Å². The maximum absolute atomic E-state index is 5.68. The van der Waals surface area contributed by atoms with Crippen molar-refractivity contribution in [3.63, 3.8) is 0 Å². The van der Waals surface area contributed by atoms with Gasteiger partial charge in [0.15, 0.2) is 0 Å². The largest absolute Gasteiger partial charge is 0.399 e. The van der Waals surface area contributed by atoms with E-state index in [4.69, 9.17) is 5.73 Å². The van der Waals surface area contributed by atoms with Gasteiger partial charge in [0.2, 0.25) is 0 Å². The van der Waals surface area contributed by atoms with Gasteiger partial charge in [0, 0.05) is 16.6 Å². The molecule has 1 rings (SSSR count). The summed E-state index contributed by atoms with van der Waals surface area (Å²) in [6.45, 7) is 4.33. The molecule has 3 heteroatoms. The Morgan fingerprint density at radius 3 is 2.62 bits per heavy atom. The fraction of sp³-hybridized carbons (Fsp3) is 0.400. The Morgan fingerprint density at radius 2 is 2.08 bits per heavy atom. The first-order valence-electron chi connectivity index (χ1n) is 4.36. The maximum Gasteiger partial charge on any atom is 0.0325 e. The molecule has 1 aromatic rings. The van der Waals surface area contributed by atoms with Gasteiger partial charge in [0.05, 0.1) is 0 Å². The van der Waals surface area contributed by atoms with Gasteiger partial charge in [-0.25, -0.2) is 4.31 Å². The molecule has 0 bridgehead atoms. The van der Waals surface area contributed by atoms with E-state index in [2.05, 4.69) is 31.3 Å². The first-order chi connectivity index (χ1) is 6.09. The smallest absolute Gasteiger partial charge is 0.0325 e. The Bertz CT molecular complexity index is 273. The Hall–Kier alpha value is -0.670. The molecule has 2 nitrogen and oxygen atoms in total. The number of benzene rings is 1. The van der Waals surface area contributed by atoms with Gasteiger partial charge in [0.1, 0.15) is 0 Å². The van der Waals surface area contributed by atoms with E-state index in [-0.39, 0.29) is 0 Å². The fourth-order valence-electron chi connectivity index (χ4n) is 0.843. The summed E-state index contributed by atoms with van der Waals surface area (Å²) in [6.07, 6.45) is 0. The molecule has 72 valence electrons. The SMILES string of the molecule is CC(C)N(C)Sc1cccc(N)c1. The van der Waals surface area contributed by atoms with E-state index in [1.165, 1.54) is 4.90 Å². The summed E-state index contributed by atoms with van der Waals surface area (Å²) in [5.74, 6) is 0. The fourth-order valence-corrected chi connectivity index (χ4v) is 1.71. The van der Waals surface area contributed by atoms with Crippen LogP contribution >= 0.6 is 11.9 Å². The molecule has 0 aliphatic heterocycles. The number of rotatable bonds is 3. The van der Waals surface area contributed by atoms with Gasteiger partial charge in [-0.05, 0) is 51.0 Å². The second kappa shape index (κ2) is 4.53. The molecule has 0 aromatic heterocycles. The summed E-state index contributed by atoms with van der Waals surface area (Å²) in [5.41, 5.74) is 6.50. The Morgan fingerprint density at radius 1 is 1.38 bits per heavy atom. The zero-order valence-electron chi connectivity index (χ0n) is 8.32. The molecule has 0 unspecified atom stereocenters. The monoisotopic (exact) mass is 196 g/mol. The maximum atomic E-state index is 5.68. The number of hydrogen-bond acceptors (Lipinski definition) is 3. The van der Waals surface area contributed by atoms with Crippen molar-refractivity contribution in [3.05, 3.63) is 24.3 Å². The zero-order valence-corrected chi connectivity index (χ0v) is 9.14. The van der Waals surface area contributed by atoms with Crippen LogP contribution in [0, 0.1) is 0 Å². The van der Waals surface area contributed by atoms with Crippen molar-refractivity contribution in [2.75, 3.05) is 12.8 Å². The number of hydrogen-bond donors (Lipinski definition) is 1. The molecule has 0 spiro atoms. The number of nitrogens with two attached hydrogens (primary N) is 1. The van der Waals surface area contributed by atoms with Gasteiger partial charge < -0.3 is 5.73 Å². The van der Waals surface area contributed by atoms with Crippen LogP contribution in [0.4, 0.5) is 5.69 Å². The van der Waals surface area contributed by atoms with Crippen molar-refractivity contribution in [1.29, 1.82) is 0 Å². The molecule has 1 aromatic carbocycles. The van der Waals surface area contributed by atoms with Crippen LogP contribution in [-0.4, -0.2) is 17.4 Å². The second-order valence-electron chi connectivity index (χ2n) is 3.30. The average molecular weight is 196 g/mol. The van der Waals surface area contributed by atoms with E-state index < -0.39 is 0 Å². The summed E-state index contributed by atoms with van der Waals surface area (Å²) in [7, 11) is 2.08. The minimum Gasteiger partial charge on any atom is -0.399 e. The van der Waals surface area contributed by atoms with Crippen LogP contribution in [0.25, 0.3) is 0 Å². The Kier molecular flexibility index (Phi) is 3.63. The third-order valence-corrected chi connectivity index (χ3v) is 3.01. The van der Waals surface area contributed by atoms with E-state index >= 15 is 0 Å². The first kappa shape index (κ1) is 10.4. The highest BCUT2D eigenvalue weighted by atomic mass is 32.2. The van der Waals surface area contributed by atoms with Crippen LogP contribution in [0.15, 0.2) is 29.2 Å². The van der Waals surface area contributed by atoms with Crippen molar-refractivity contribution in [2.45, 2.75) is 24.8 Å². The summed E-state index contributed by atoms with van der Waals surface area (Å²) >= 11 is 1.72. The highest BCUT2D eigenvalue weighted by Gasteiger charge is 2.04. The van der Waals surface area contributed by atoms with E-state index in [9.17, 15) is 0 Å². The van der Waals surface area contributed by atoms with E-state index in [1.54, 1.807) is 11.9 Å². The van der Waals surface area contributed by atoms with E-state index in [0.717, 1.165) is 5.69 Å². The summed E-state index contributed by atoms with van der Waals surface area (Å²) in [6, 6.07) is 8.47. The second-order valence-corrected chi connectivity index (χ2v) is 4.53. The lowest BCUT2D eigenvalue weighted by Gasteiger charge is -2.19. The molecule has 0 fully saturated rings. The van der Waals surface area contributed by atoms with Gasteiger partial charge in [0.25, 0.3) is 0 Å². The minimum atomic E-state index is 0.534. The standard InChI is InChI=1S/C10H16N2S/c1-8(2)12(3)13-10-6-4-5-9(11)7-10/h4-8H,11H2,1-3H3. The van der Waals surface area contributed by atoms with E-state index in [1.807, 2.05) is 18.2 Å². The number of nitrogens with zero attached hydrogens (tertiary/aromatic N) is 1. The lowest BCUT2D eigenvalue weighted by molar-refractivity contribution is 0.469. The van der Waals surface area contributed by atoms with Crippen molar-refractivity contribution < 1.29 is 0 Å². The van der Waals surface area contributed by atoms with Crippen molar-refractivity contribution in [2.24, 2.45) is 0 Å². The number of nitrogen functional groups attached to an aromatic ring is 1. The molecule has 13 heavy (non-hydrogen) atoms. The quantitative estimate of drug-likeness (QED) is 0.595. The molecule has 0 amide bonds. The Labute approximate surface area is 84.2 Å². The lowest BCUT2D eigenvalue weighted by atomic mass is 10.3. The van der Waals surface area contributed by atoms with Crippen LogP contribution in [-0.2, 0) is 0 Å². The predicted octanol–water partition coefficient (Wildman–Crippen LogP) is 2.62. The van der Waals surface area contributed by atoms with Crippen LogP contribution in [0.2, 0.25) is 0 Å². The molecular weight excluding hydrogens is 180 g/mol. The predicted molar refractivity (Wildman–Crippen MR) is 59.6 cm³/mol. The van der Waals surface area contributed by atoms with Crippen LogP contribution in [0.3, 0.4) is 0 Å². The molecular formula is C10H16N2S. The van der Waals surface area contributed by atoms with Gasteiger partial charge >= 0.3 is 0 Å². The molecule has 0 radical (unpaired) electrons. The van der Waals surface area contributed by atoms with Crippen molar-refractivity contribution in [1.82, 2.24) is 4.31 Å². The minimum absolute atomic E-state index is 0.534. The summed E-state index contributed by atoms with van der Waals surface area (Å²) < 4.78 is 2.20. The van der Waals surface area contributed by atoms with Gasteiger partial charge in [-0.3, -0.25) is 0 Å². The average Bonchev–Trinajstić information content (AvgIpc) is 2.04. The lowest BCUT2D eigenvalue weighted by Crippen LogP contribution is -2.18. The van der Waals surface area contributed by atoms with Crippen LogP contribution in [0.5, 0.6) is 0 Å². The molecule has 0 saturated heterocycles. The van der Waals surface area contributed by atoms with Gasteiger partial charge in [-0.2, -0.15) is 0 Å². The molecule has 0 atom stereocenters. The third kappa shape index (κ3) is 3.28. The van der Waals surface area contributed by atoms with Crippen molar-refractivity contribution in [3.8, 4) is 0 Å². The third-order valence-electron chi connectivity index (χ3n) is 1.83. The highest BCUT2D eigenvalue weighted by Crippen LogP contribution is 2.24. The molecule has 2 N–H and O–H groups in total. The Balaban J connectivity index is 2.64. The van der Waals surface area contributed by atoms with Crippen LogP contribution < -0.4 is 5.73 Å². The zero-order chi connectivity index (χ0) is 9.84. The first-order valence-corrected chi connectivity index (χ1v) is 5.13. The van der Waals surface area contributed by atoms with Gasteiger partial charge in [-0.1, -0.05) is 6.07 Å². The normalized spacial score (nSPS) is 11.2. The molecule has 0 aliphatic rings. The highest BCUT2D eigenvalue weighted by molar-refractivity contribution is 7.97. The van der Waals surface area contributed by atoms with Crippen molar-refractivity contribution >= 4 is 17.6 Å². The summed E-state index contributed by atoms with van der Waals surface area (Å²) in [4.78, 5) is 1.19. The van der Waals surface area contributed by atoms with Gasteiger partial charge in [-0.15, -0.1) is 0 Å². The molecule has 0 aliphatic carbocycles.